The zero-order valence-electron chi connectivity index (χ0n) is 12.4. The molecule has 0 atom stereocenters. The highest BCUT2D eigenvalue weighted by Gasteiger charge is 2.09. The molecule has 1 aromatic heterocycles. The van der Waals surface area contributed by atoms with Crippen LogP contribution in [-0.4, -0.2) is 10.3 Å². The van der Waals surface area contributed by atoms with Crippen molar-refractivity contribution in [1.82, 2.24) is 4.57 Å². The van der Waals surface area contributed by atoms with E-state index in [9.17, 15) is 0 Å². The van der Waals surface area contributed by atoms with Gasteiger partial charge in [0.2, 0.25) is 0 Å². The van der Waals surface area contributed by atoms with Crippen LogP contribution >= 0.6 is 11.8 Å². The average Bonchev–Trinajstić information content (AvgIpc) is 2.79. The fourth-order valence-corrected chi connectivity index (χ4v) is 2.89. The van der Waals surface area contributed by atoms with Crippen LogP contribution in [0.25, 0.3) is 0 Å². The van der Waals surface area contributed by atoms with Crippen LogP contribution < -0.4 is 5.32 Å². The van der Waals surface area contributed by atoms with E-state index in [1.807, 2.05) is 42.8 Å². The lowest BCUT2D eigenvalue weighted by Gasteiger charge is -2.11. The molecule has 2 aromatic rings. The molecule has 0 saturated heterocycles. The predicted octanol–water partition coefficient (Wildman–Crippen LogP) is 4.10. The highest BCUT2D eigenvalue weighted by Crippen LogP contribution is 2.27. The number of rotatable bonds is 6. The largest absolute Gasteiger partial charge is 0.380 e. The molecule has 0 amide bonds. The molecular weight excluding hydrogens is 278 g/mol. The zero-order chi connectivity index (χ0) is 15.2. The molecule has 1 aromatic carbocycles. The van der Waals surface area contributed by atoms with Crippen molar-refractivity contribution in [2.75, 3.05) is 11.1 Å². The number of nitriles is 1. The Labute approximate surface area is 130 Å². The minimum atomic E-state index is 0.693. The highest BCUT2D eigenvalue weighted by atomic mass is 32.2. The fourth-order valence-electron chi connectivity index (χ4n) is 2.13. The van der Waals surface area contributed by atoms with Gasteiger partial charge in [0.15, 0.2) is 0 Å². The highest BCUT2D eigenvalue weighted by molar-refractivity contribution is 7.99. The van der Waals surface area contributed by atoms with E-state index in [4.69, 9.17) is 5.26 Å². The molecule has 2 rings (SSSR count). The summed E-state index contributed by atoms with van der Waals surface area (Å²) in [5, 5.41) is 12.5. The summed E-state index contributed by atoms with van der Waals surface area (Å²) in [4.78, 5) is 1.21. The smallest absolute Gasteiger partial charge is 0.120 e. The minimum absolute atomic E-state index is 0.693. The first-order chi connectivity index (χ1) is 10.2. The van der Waals surface area contributed by atoms with Gasteiger partial charge >= 0.3 is 0 Å². The Bertz CT molecular complexity index is 680. The number of thioether (sulfide) groups is 1. The molecule has 108 valence electrons. The van der Waals surface area contributed by atoms with Gasteiger partial charge in [0.05, 0.1) is 0 Å². The molecule has 4 heteroatoms. The van der Waals surface area contributed by atoms with E-state index in [0.717, 1.165) is 22.7 Å². The van der Waals surface area contributed by atoms with Gasteiger partial charge in [-0.1, -0.05) is 18.2 Å². The summed E-state index contributed by atoms with van der Waals surface area (Å²) in [6.45, 7) is 6.51. The lowest BCUT2D eigenvalue weighted by Crippen LogP contribution is -2.02. The molecule has 1 heterocycles. The van der Waals surface area contributed by atoms with Crippen LogP contribution in [0.1, 0.15) is 17.0 Å². The van der Waals surface area contributed by atoms with Crippen LogP contribution in [0.2, 0.25) is 0 Å². The van der Waals surface area contributed by atoms with Gasteiger partial charge in [-0.25, -0.2) is 0 Å². The first kappa shape index (κ1) is 15.3. The molecular formula is C17H19N3S. The quantitative estimate of drug-likeness (QED) is 0.645. The maximum atomic E-state index is 9.08. The maximum absolute atomic E-state index is 9.08. The van der Waals surface area contributed by atoms with E-state index in [2.05, 4.69) is 30.1 Å². The van der Waals surface area contributed by atoms with Gasteiger partial charge < -0.3 is 9.88 Å². The summed E-state index contributed by atoms with van der Waals surface area (Å²) in [6, 6.07) is 12.4. The first-order valence-electron chi connectivity index (χ1n) is 6.79. The van der Waals surface area contributed by atoms with Gasteiger partial charge in [0.25, 0.3) is 0 Å². The molecule has 0 saturated carbocycles. The van der Waals surface area contributed by atoms with Gasteiger partial charge in [-0.15, -0.1) is 18.3 Å². The second kappa shape index (κ2) is 7.05. The van der Waals surface area contributed by atoms with Gasteiger partial charge in [0.1, 0.15) is 11.8 Å². The fraction of sp³-hybridized carbons (Fsp3) is 0.235. The maximum Gasteiger partial charge on any atom is 0.120 e. The number of hydrogen-bond donors (Lipinski definition) is 1. The van der Waals surface area contributed by atoms with Crippen LogP contribution in [0.4, 0.5) is 5.69 Å². The summed E-state index contributed by atoms with van der Waals surface area (Å²) in [5.41, 5.74) is 4.08. The summed E-state index contributed by atoms with van der Waals surface area (Å²) >= 11 is 1.76. The van der Waals surface area contributed by atoms with Crippen LogP contribution in [0.3, 0.4) is 0 Å². The van der Waals surface area contributed by atoms with Gasteiger partial charge in [-0.3, -0.25) is 0 Å². The lowest BCUT2D eigenvalue weighted by molar-refractivity contribution is 0.856. The molecule has 0 radical (unpaired) electrons. The van der Waals surface area contributed by atoms with E-state index < -0.39 is 0 Å². The molecule has 1 N–H and O–H groups in total. The Hall–Kier alpha value is -2.12. The van der Waals surface area contributed by atoms with Crippen LogP contribution in [-0.2, 0) is 13.6 Å². The molecule has 0 fully saturated rings. The third-order valence-electron chi connectivity index (χ3n) is 3.47. The third kappa shape index (κ3) is 3.50. The third-order valence-corrected chi connectivity index (χ3v) is 4.54. The molecule has 0 bridgehead atoms. The Morgan fingerprint density at radius 1 is 1.43 bits per heavy atom. The van der Waals surface area contributed by atoms with Crippen molar-refractivity contribution in [3.63, 3.8) is 0 Å². The summed E-state index contributed by atoms with van der Waals surface area (Å²) in [7, 11) is 1.92. The Balaban J connectivity index is 2.13. The topological polar surface area (TPSA) is 40.8 Å². The average molecular weight is 297 g/mol. The van der Waals surface area contributed by atoms with Crippen LogP contribution in [0, 0.1) is 18.3 Å². The molecule has 0 spiro atoms. The van der Waals surface area contributed by atoms with E-state index in [1.54, 1.807) is 11.8 Å². The normalized spacial score (nSPS) is 10.1. The Morgan fingerprint density at radius 2 is 2.19 bits per heavy atom. The number of aromatic nitrogens is 1. The van der Waals surface area contributed by atoms with Crippen molar-refractivity contribution in [3.8, 4) is 6.07 Å². The predicted molar refractivity (Wildman–Crippen MR) is 89.6 cm³/mol. The summed E-state index contributed by atoms with van der Waals surface area (Å²) in [6.07, 6.45) is 1.90. The monoisotopic (exact) mass is 297 g/mol. The van der Waals surface area contributed by atoms with Crippen molar-refractivity contribution >= 4 is 17.4 Å². The van der Waals surface area contributed by atoms with Crippen molar-refractivity contribution < 1.29 is 0 Å². The first-order valence-corrected chi connectivity index (χ1v) is 7.77. The number of nitrogens with one attached hydrogen (secondary N) is 1. The van der Waals surface area contributed by atoms with Crippen molar-refractivity contribution in [1.29, 1.82) is 5.26 Å². The van der Waals surface area contributed by atoms with Crippen molar-refractivity contribution in [2.24, 2.45) is 7.05 Å². The zero-order valence-corrected chi connectivity index (χ0v) is 13.2. The Morgan fingerprint density at radius 3 is 2.86 bits per heavy atom. The molecule has 0 aliphatic heterocycles. The number of anilines is 1. The van der Waals surface area contributed by atoms with Crippen molar-refractivity contribution in [2.45, 2.75) is 18.4 Å². The second-order valence-corrected chi connectivity index (χ2v) is 5.82. The van der Waals surface area contributed by atoms with Gasteiger partial charge in [-0.05, 0) is 30.7 Å². The van der Waals surface area contributed by atoms with E-state index >= 15 is 0 Å². The van der Waals surface area contributed by atoms with E-state index in [0.29, 0.717) is 12.2 Å². The standard InChI is InChI=1S/C17H19N3S/c1-4-9-21-17-8-6-5-7-16(17)19-12-14-10-15(11-18)20(3)13(14)2/h4-8,10,19H,1,9,12H2,2-3H3. The summed E-state index contributed by atoms with van der Waals surface area (Å²) < 4.78 is 1.93. The Kier molecular flexibility index (Phi) is 5.13. The van der Waals surface area contributed by atoms with E-state index in [-0.39, 0.29) is 0 Å². The van der Waals surface area contributed by atoms with Gasteiger partial charge in [0, 0.05) is 35.6 Å². The molecule has 0 unspecified atom stereocenters. The number of para-hydroxylation sites is 1. The second-order valence-electron chi connectivity index (χ2n) is 4.76. The number of benzene rings is 1. The van der Waals surface area contributed by atoms with E-state index in [1.165, 1.54) is 4.90 Å². The lowest BCUT2D eigenvalue weighted by atomic mass is 10.2. The van der Waals surface area contributed by atoms with Crippen molar-refractivity contribution in [3.05, 3.63) is 59.9 Å². The van der Waals surface area contributed by atoms with Crippen LogP contribution in [0.5, 0.6) is 0 Å². The van der Waals surface area contributed by atoms with Crippen LogP contribution in [0.15, 0.2) is 47.9 Å². The number of hydrogen-bond acceptors (Lipinski definition) is 3. The molecule has 21 heavy (non-hydrogen) atoms. The molecule has 0 aliphatic carbocycles. The SMILES string of the molecule is C=CCSc1ccccc1NCc1cc(C#N)n(C)c1C. The molecule has 3 nitrogen and oxygen atoms in total. The summed E-state index contributed by atoms with van der Waals surface area (Å²) in [5.74, 6) is 0.891. The van der Waals surface area contributed by atoms with Gasteiger partial charge in [-0.2, -0.15) is 5.26 Å². The minimum Gasteiger partial charge on any atom is -0.380 e. The number of nitrogens with zero attached hydrogens (tertiary/aromatic N) is 2. The molecule has 0 aliphatic rings.